The van der Waals surface area contributed by atoms with Crippen LogP contribution in [-0.4, -0.2) is 10.2 Å². The third-order valence-electron chi connectivity index (χ3n) is 3.68. The van der Waals surface area contributed by atoms with Crippen molar-refractivity contribution in [3.8, 4) is 11.3 Å². The molecule has 0 bridgehead atoms. The van der Waals surface area contributed by atoms with E-state index < -0.39 is 0 Å². The van der Waals surface area contributed by atoms with Crippen LogP contribution in [0.5, 0.6) is 0 Å². The highest BCUT2D eigenvalue weighted by molar-refractivity contribution is 5.79. The highest BCUT2D eigenvalue weighted by Crippen LogP contribution is 2.39. The fourth-order valence-electron chi connectivity index (χ4n) is 2.68. The summed E-state index contributed by atoms with van der Waals surface area (Å²) in [7, 11) is 0. The van der Waals surface area contributed by atoms with Gasteiger partial charge in [0.2, 0.25) is 0 Å². The summed E-state index contributed by atoms with van der Waals surface area (Å²) in [6, 6.07) is 10.8. The second-order valence-electron chi connectivity index (χ2n) is 5.04. The molecular weight excluding hydrogens is 272 g/mol. The van der Waals surface area contributed by atoms with Crippen LogP contribution >= 0.6 is 0 Å². The van der Waals surface area contributed by atoms with Crippen LogP contribution in [0.1, 0.15) is 11.1 Å². The van der Waals surface area contributed by atoms with Crippen LogP contribution in [0.25, 0.3) is 11.3 Å². The van der Waals surface area contributed by atoms with Gasteiger partial charge in [-0.25, -0.2) is 8.78 Å². The molecule has 1 heterocycles. The zero-order valence-corrected chi connectivity index (χ0v) is 11.0. The molecular formula is C16H11F2N3. The fraction of sp³-hybridized carbons (Fsp3) is 0.0625. The van der Waals surface area contributed by atoms with E-state index >= 15 is 0 Å². The Morgan fingerprint density at radius 1 is 1.00 bits per heavy atom. The maximum absolute atomic E-state index is 13.3. The number of nitrogens with zero attached hydrogens (tertiary/aromatic N) is 1. The van der Waals surface area contributed by atoms with Crippen molar-refractivity contribution in [1.82, 2.24) is 10.2 Å². The lowest BCUT2D eigenvalue weighted by molar-refractivity contribution is 0.626. The van der Waals surface area contributed by atoms with Gasteiger partial charge in [-0.2, -0.15) is 5.10 Å². The standard InChI is InChI=1S/C16H11F2N3/c17-10-1-4-12(5-2-10)19-16-14-8-9-7-11(18)3-6-13(9)15(14)20-21-16/h1-7H,8H2,(H2,19,20,21). The van der Waals surface area contributed by atoms with Crippen molar-refractivity contribution in [2.24, 2.45) is 0 Å². The first-order valence-electron chi connectivity index (χ1n) is 6.59. The number of aromatic amines is 1. The Morgan fingerprint density at radius 2 is 1.76 bits per heavy atom. The Hall–Kier alpha value is -2.69. The Morgan fingerprint density at radius 3 is 2.57 bits per heavy atom. The minimum atomic E-state index is -0.282. The third kappa shape index (κ3) is 1.98. The molecule has 0 saturated heterocycles. The van der Waals surface area contributed by atoms with Gasteiger partial charge in [-0.1, -0.05) is 0 Å². The van der Waals surface area contributed by atoms with E-state index in [9.17, 15) is 8.78 Å². The van der Waals surface area contributed by atoms with E-state index in [1.165, 1.54) is 18.2 Å². The minimum absolute atomic E-state index is 0.236. The summed E-state index contributed by atoms with van der Waals surface area (Å²) in [5, 5.41) is 10.4. The number of aromatic nitrogens is 2. The topological polar surface area (TPSA) is 40.7 Å². The maximum atomic E-state index is 13.3. The van der Waals surface area contributed by atoms with Gasteiger partial charge >= 0.3 is 0 Å². The number of H-pyrrole nitrogens is 1. The summed E-state index contributed by atoms with van der Waals surface area (Å²) in [5.74, 6) is 0.170. The molecule has 0 amide bonds. The second kappa shape index (κ2) is 4.41. The molecule has 5 heteroatoms. The lowest BCUT2D eigenvalue weighted by Gasteiger charge is -2.04. The molecule has 2 aromatic carbocycles. The summed E-state index contributed by atoms with van der Waals surface area (Å²) in [6.07, 6.45) is 0.627. The number of hydrogen-bond donors (Lipinski definition) is 2. The first-order valence-corrected chi connectivity index (χ1v) is 6.59. The number of rotatable bonds is 2. The maximum Gasteiger partial charge on any atom is 0.156 e. The highest BCUT2D eigenvalue weighted by atomic mass is 19.1. The van der Waals surface area contributed by atoms with E-state index in [0.717, 1.165) is 28.1 Å². The van der Waals surface area contributed by atoms with Gasteiger partial charge in [0.05, 0.1) is 5.69 Å². The van der Waals surface area contributed by atoms with Gasteiger partial charge in [0.15, 0.2) is 5.82 Å². The molecule has 0 atom stereocenters. The molecule has 0 spiro atoms. The van der Waals surface area contributed by atoms with Crippen molar-refractivity contribution in [3.05, 3.63) is 65.2 Å². The average molecular weight is 283 g/mol. The summed E-state index contributed by atoms with van der Waals surface area (Å²) < 4.78 is 26.2. The molecule has 104 valence electrons. The van der Waals surface area contributed by atoms with Gasteiger partial charge in [-0.3, -0.25) is 5.10 Å². The van der Waals surface area contributed by atoms with Crippen molar-refractivity contribution < 1.29 is 8.78 Å². The van der Waals surface area contributed by atoms with Crippen LogP contribution in [0.2, 0.25) is 0 Å². The predicted octanol–water partition coefficient (Wildman–Crippen LogP) is 4.00. The van der Waals surface area contributed by atoms with E-state index in [1.54, 1.807) is 24.3 Å². The zero-order chi connectivity index (χ0) is 14.4. The number of anilines is 2. The first-order chi connectivity index (χ1) is 10.2. The average Bonchev–Trinajstić information content (AvgIpc) is 3.01. The largest absolute Gasteiger partial charge is 0.338 e. The summed E-state index contributed by atoms with van der Waals surface area (Å²) in [5.41, 5.74) is 4.59. The normalized spacial score (nSPS) is 12.1. The molecule has 0 saturated carbocycles. The highest BCUT2D eigenvalue weighted by Gasteiger charge is 2.24. The molecule has 1 aromatic heterocycles. The number of nitrogens with one attached hydrogen (secondary N) is 2. The molecule has 0 radical (unpaired) electrons. The van der Waals surface area contributed by atoms with Gasteiger partial charge in [0.25, 0.3) is 0 Å². The molecule has 21 heavy (non-hydrogen) atoms. The van der Waals surface area contributed by atoms with Crippen molar-refractivity contribution in [2.75, 3.05) is 5.32 Å². The number of halogens is 2. The van der Waals surface area contributed by atoms with E-state index in [4.69, 9.17) is 0 Å². The molecule has 1 aliphatic rings. The smallest absolute Gasteiger partial charge is 0.156 e. The Kier molecular flexibility index (Phi) is 2.54. The van der Waals surface area contributed by atoms with Crippen molar-refractivity contribution in [3.63, 3.8) is 0 Å². The lowest BCUT2D eigenvalue weighted by atomic mass is 10.1. The Labute approximate surface area is 119 Å². The first kappa shape index (κ1) is 12.1. The number of fused-ring (bicyclic) bond motifs is 3. The van der Waals surface area contributed by atoms with Crippen LogP contribution in [0.3, 0.4) is 0 Å². The van der Waals surface area contributed by atoms with Gasteiger partial charge in [-0.15, -0.1) is 0 Å². The molecule has 3 nitrogen and oxygen atoms in total. The van der Waals surface area contributed by atoms with Crippen molar-refractivity contribution >= 4 is 11.5 Å². The molecule has 1 aliphatic carbocycles. The Balaban J connectivity index is 1.69. The van der Waals surface area contributed by atoms with Gasteiger partial charge in [0, 0.05) is 23.2 Å². The van der Waals surface area contributed by atoms with Gasteiger partial charge in [0.1, 0.15) is 11.6 Å². The van der Waals surface area contributed by atoms with Crippen molar-refractivity contribution in [1.29, 1.82) is 0 Å². The lowest BCUT2D eigenvalue weighted by Crippen LogP contribution is -1.94. The molecule has 4 rings (SSSR count). The van der Waals surface area contributed by atoms with Crippen LogP contribution < -0.4 is 5.32 Å². The molecule has 0 unspecified atom stereocenters. The quantitative estimate of drug-likeness (QED) is 0.583. The van der Waals surface area contributed by atoms with Gasteiger partial charge < -0.3 is 5.32 Å². The second-order valence-corrected chi connectivity index (χ2v) is 5.04. The predicted molar refractivity (Wildman–Crippen MR) is 76.5 cm³/mol. The van der Waals surface area contributed by atoms with E-state index in [1.807, 2.05) is 0 Å². The summed E-state index contributed by atoms with van der Waals surface area (Å²) in [6.45, 7) is 0. The molecule has 0 aliphatic heterocycles. The van der Waals surface area contributed by atoms with Crippen LogP contribution in [0.4, 0.5) is 20.3 Å². The van der Waals surface area contributed by atoms with E-state index in [-0.39, 0.29) is 11.6 Å². The van der Waals surface area contributed by atoms with Crippen LogP contribution in [0, 0.1) is 11.6 Å². The van der Waals surface area contributed by atoms with E-state index in [2.05, 4.69) is 15.5 Å². The van der Waals surface area contributed by atoms with Crippen LogP contribution in [0.15, 0.2) is 42.5 Å². The number of benzene rings is 2. The summed E-state index contributed by atoms with van der Waals surface area (Å²) in [4.78, 5) is 0. The van der Waals surface area contributed by atoms with Gasteiger partial charge in [-0.05, 0) is 48.0 Å². The monoisotopic (exact) mass is 283 g/mol. The zero-order valence-electron chi connectivity index (χ0n) is 11.0. The fourth-order valence-corrected chi connectivity index (χ4v) is 2.68. The molecule has 3 aromatic rings. The van der Waals surface area contributed by atoms with E-state index in [0.29, 0.717) is 12.2 Å². The SMILES string of the molecule is Fc1ccc(Nc2n[nH]c3c2Cc2cc(F)ccc2-3)cc1. The van der Waals surface area contributed by atoms with Crippen LogP contribution in [-0.2, 0) is 6.42 Å². The van der Waals surface area contributed by atoms with Crippen molar-refractivity contribution in [2.45, 2.75) is 6.42 Å². The third-order valence-corrected chi connectivity index (χ3v) is 3.68. The number of hydrogen-bond acceptors (Lipinski definition) is 2. The molecule has 0 fully saturated rings. The minimum Gasteiger partial charge on any atom is -0.338 e. The Bertz CT molecular complexity index is 822. The molecule has 2 N–H and O–H groups in total. The summed E-state index contributed by atoms with van der Waals surface area (Å²) >= 11 is 0.